The number of carbonyl (C=O) groups is 2. The number of anilines is 2. The van der Waals surface area contributed by atoms with Crippen molar-refractivity contribution in [3.63, 3.8) is 0 Å². The number of hydrogen-bond donors (Lipinski definition) is 1. The number of rotatable bonds is 8. The number of nitrogens with one attached hydrogen (secondary N) is 1. The molecule has 2 amide bonds. The monoisotopic (exact) mass is 356 g/mol. The van der Waals surface area contributed by atoms with E-state index in [0.29, 0.717) is 18.8 Å². The molecule has 0 heterocycles. The maximum Gasteiger partial charge on any atom is 0.226 e. The highest BCUT2D eigenvalue weighted by Gasteiger charge is 2.14. The van der Waals surface area contributed by atoms with E-state index in [1.54, 1.807) is 36.3 Å². The first-order chi connectivity index (χ1) is 12.5. The van der Waals surface area contributed by atoms with E-state index < -0.39 is 0 Å². The zero-order valence-electron chi connectivity index (χ0n) is 15.3. The molecule has 138 valence electrons. The zero-order valence-corrected chi connectivity index (χ0v) is 15.3. The third-order valence-electron chi connectivity index (χ3n) is 3.78. The van der Waals surface area contributed by atoms with E-state index in [-0.39, 0.29) is 18.2 Å². The van der Waals surface area contributed by atoms with Crippen LogP contribution >= 0.6 is 0 Å². The minimum atomic E-state index is -0.160. The van der Waals surface area contributed by atoms with Crippen molar-refractivity contribution in [2.24, 2.45) is 0 Å². The average molecular weight is 356 g/mol. The standard InChI is InChI=1S/C20H24N2O4/c1-4-26-19-11-7-17(8-12-19)22(15(2)23)14-13-20(24)21-16-5-9-18(25-3)10-6-16/h5-12H,4,13-14H2,1-3H3,(H,21,24). The van der Waals surface area contributed by atoms with Crippen molar-refractivity contribution in [1.82, 2.24) is 0 Å². The van der Waals surface area contributed by atoms with Crippen LogP contribution in [0.3, 0.4) is 0 Å². The van der Waals surface area contributed by atoms with Crippen LogP contribution in [-0.2, 0) is 9.59 Å². The van der Waals surface area contributed by atoms with Crippen LogP contribution in [-0.4, -0.2) is 32.1 Å². The van der Waals surface area contributed by atoms with Gasteiger partial charge >= 0.3 is 0 Å². The molecule has 2 aromatic carbocycles. The molecule has 0 aliphatic carbocycles. The molecular formula is C20H24N2O4. The van der Waals surface area contributed by atoms with Gasteiger partial charge in [-0.15, -0.1) is 0 Å². The summed E-state index contributed by atoms with van der Waals surface area (Å²) < 4.78 is 10.5. The number of ether oxygens (including phenoxy) is 2. The topological polar surface area (TPSA) is 67.9 Å². The molecule has 6 heteroatoms. The van der Waals surface area contributed by atoms with Crippen molar-refractivity contribution in [1.29, 1.82) is 0 Å². The molecule has 2 aromatic rings. The molecule has 0 saturated heterocycles. The molecule has 6 nitrogen and oxygen atoms in total. The van der Waals surface area contributed by atoms with Crippen molar-refractivity contribution in [2.45, 2.75) is 20.3 Å². The van der Waals surface area contributed by atoms with Crippen LogP contribution in [0.25, 0.3) is 0 Å². The van der Waals surface area contributed by atoms with Crippen molar-refractivity contribution in [3.05, 3.63) is 48.5 Å². The fraction of sp³-hybridized carbons (Fsp3) is 0.300. The Bertz CT molecular complexity index is 726. The number of amides is 2. The maximum absolute atomic E-state index is 12.2. The van der Waals surface area contributed by atoms with Gasteiger partial charge in [0.25, 0.3) is 0 Å². The molecule has 1 N–H and O–H groups in total. The summed E-state index contributed by atoms with van der Waals surface area (Å²) >= 11 is 0. The predicted octanol–water partition coefficient (Wildman–Crippen LogP) is 3.48. The Kier molecular flexibility index (Phi) is 7.02. The summed E-state index contributed by atoms with van der Waals surface area (Å²) in [5.41, 5.74) is 1.42. The maximum atomic E-state index is 12.2. The van der Waals surface area contributed by atoms with Gasteiger partial charge in [0.1, 0.15) is 11.5 Å². The summed E-state index contributed by atoms with van der Waals surface area (Å²) in [5, 5.41) is 2.81. The summed E-state index contributed by atoms with van der Waals surface area (Å²) in [7, 11) is 1.59. The molecular weight excluding hydrogens is 332 g/mol. The second-order valence-corrected chi connectivity index (χ2v) is 5.62. The van der Waals surface area contributed by atoms with Gasteiger partial charge in [0.05, 0.1) is 13.7 Å². The summed E-state index contributed by atoms with van der Waals surface area (Å²) in [6.07, 6.45) is 0.193. The lowest BCUT2D eigenvalue weighted by atomic mass is 10.2. The second-order valence-electron chi connectivity index (χ2n) is 5.62. The Morgan fingerprint density at radius 1 is 1.00 bits per heavy atom. The van der Waals surface area contributed by atoms with E-state index in [1.165, 1.54) is 6.92 Å². The Hall–Kier alpha value is -3.02. The van der Waals surface area contributed by atoms with E-state index in [1.807, 2.05) is 31.2 Å². The van der Waals surface area contributed by atoms with Crippen LogP contribution in [0.15, 0.2) is 48.5 Å². The van der Waals surface area contributed by atoms with Crippen LogP contribution in [0.4, 0.5) is 11.4 Å². The molecule has 0 atom stereocenters. The molecule has 0 radical (unpaired) electrons. The molecule has 0 unspecified atom stereocenters. The summed E-state index contributed by atoms with van der Waals surface area (Å²) in [5.74, 6) is 1.19. The van der Waals surface area contributed by atoms with Gasteiger partial charge in [-0.05, 0) is 55.5 Å². The molecule has 0 aliphatic rings. The Morgan fingerprint density at radius 2 is 1.62 bits per heavy atom. The third kappa shape index (κ3) is 5.51. The number of nitrogens with zero attached hydrogens (tertiary/aromatic N) is 1. The van der Waals surface area contributed by atoms with E-state index in [2.05, 4.69) is 5.32 Å². The van der Waals surface area contributed by atoms with Gasteiger partial charge in [-0.25, -0.2) is 0 Å². The molecule has 0 bridgehead atoms. The normalized spacial score (nSPS) is 10.1. The van der Waals surface area contributed by atoms with Crippen molar-refractivity contribution >= 4 is 23.2 Å². The highest BCUT2D eigenvalue weighted by molar-refractivity contribution is 5.94. The first-order valence-corrected chi connectivity index (χ1v) is 8.48. The van der Waals surface area contributed by atoms with Crippen LogP contribution in [0.2, 0.25) is 0 Å². The quantitative estimate of drug-likeness (QED) is 0.786. The minimum Gasteiger partial charge on any atom is -0.497 e. The summed E-state index contributed by atoms with van der Waals surface area (Å²) in [6, 6.07) is 14.3. The van der Waals surface area contributed by atoms with Gasteiger partial charge < -0.3 is 19.7 Å². The van der Waals surface area contributed by atoms with E-state index >= 15 is 0 Å². The lowest BCUT2D eigenvalue weighted by molar-refractivity contribution is -0.117. The third-order valence-corrected chi connectivity index (χ3v) is 3.78. The Morgan fingerprint density at radius 3 is 2.15 bits per heavy atom. The highest BCUT2D eigenvalue weighted by atomic mass is 16.5. The fourth-order valence-electron chi connectivity index (χ4n) is 2.47. The van der Waals surface area contributed by atoms with Gasteiger partial charge in [-0.2, -0.15) is 0 Å². The van der Waals surface area contributed by atoms with Gasteiger partial charge in [0.2, 0.25) is 11.8 Å². The van der Waals surface area contributed by atoms with Crippen LogP contribution in [0, 0.1) is 0 Å². The zero-order chi connectivity index (χ0) is 18.9. The van der Waals surface area contributed by atoms with Crippen molar-refractivity contribution < 1.29 is 19.1 Å². The van der Waals surface area contributed by atoms with Crippen LogP contribution in [0.1, 0.15) is 20.3 Å². The number of hydrogen-bond acceptors (Lipinski definition) is 4. The number of benzene rings is 2. The molecule has 26 heavy (non-hydrogen) atoms. The highest BCUT2D eigenvalue weighted by Crippen LogP contribution is 2.20. The number of methoxy groups -OCH3 is 1. The van der Waals surface area contributed by atoms with Gasteiger partial charge in [-0.1, -0.05) is 0 Å². The van der Waals surface area contributed by atoms with Crippen molar-refractivity contribution in [2.75, 3.05) is 30.5 Å². The average Bonchev–Trinajstić information content (AvgIpc) is 2.64. The lowest BCUT2D eigenvalue weighted by Crippen LogP contribution is -2.31. The predicted molar refractivity (Wildman–Crippen MR) is 102 cm³/mol. The van der Waals surface area contributed by atoms with E-state index in [0.717, 1.165) is 17.2 Å². The van der Waals surface area contributed by atoms with Gasteiger partial charge in [0, 0.05) is 31.3 Å². The molecule has 0 aromatic heterocycles. The van der Waals surface area contributed by atoms with Crippen molar-refractivity contribution in [3.8, 4) is 11.5 Å². The largest absolute Gasteiger partial charge is 0.497 e. The summed E-state index contributed by atoms with van der Waals surface area (Å²) in [4.78, 5) is 25.7. The van der Waals surface area contributed by atoms with E-state index in [4.69, 9.17) is 9.47 Å². The second kappa shape index (κ2) is 9.46. The smallest absolute Gasteiger partial charge is 0.226 e. The molecule has 0 aliphatic heterocycles. The minimum absolute atomic E-state index is 0.119. The fourth-order valence-corrected chi connectivity index (χ4v) is 2.47. The molecule has 0 saturated carbocycles. The Labute approximate surface area is 153 Å². The Balaban J connectivity index is 1.94. The first kappa shape index (κ1) is 19.3. The summed E-state index contributed by atoms with van der Waals surface area (Å²) in [6.45, 7) is 4.28. The van der Waals surface area contributed by atoms with E-state index in [9.17, 15) is 9.59 Å². The first-order valence-electron chi connectivity index (χ1n) is 8.48. The van der Waals surface area contributed by atoms with Gasteiger partial charge in [0.15, 0.2) is 0 Å². The lowest BCUT2D eigenvalue weighted by Gasteiger charge is -2.21. The number of carbonyl (C=O) groups excluding carboxylic acids is 2. The molecule has 0 spiro atoms. The van der Waals surface area contributed by atoms with Gasteiger partial charge in [-0.3, -0.25) is 9.59 Å². The van der Waals surface area contributed by atoms with Crippen LogP contribution in [0.5, 0.6) is 11.5 Å². The molecule has 2 rings (SSSR count). The SMILES string of the molecule is CCOc1ccc(N(CCC(=O)Nc2ccc(OC)cc2)C(C)=O)cc1. The van der Waals surface area contributed by atoms with Crippen LogP contribution < -0.4 is 19.7 Å². The molecule has 0 fully saturated rings.